The van der Waals surface area contributed by atoms with E-state index < -0.39 is 0 Å². The van der Waals surface area contributed by atoms with E-state index in [0.29, 0.717) is 36.3 Å². The fourth-order valence-electron chi connectivity index (χ4n) is 1.50. The third kappa shape index (κ3) is 4.27. The van der Waals surface area contributed by atoms with Gasteiger partial charge in [0.2, 0.25) is 5.91 Å². The molecule has 2 rings (SSSR count). The van der Waals surface area contributed by atoms with E-state index in [0.717, 1.165) is 12.8 Å². The molecule has 4 heteroatoms. The number of benzene rings is 1. The standard InChI is InChI=1S/C13H16ClNO2/c14-11-4-1-2-5-12(11)17-9-3-6-13(16)15-10-7-8-10/h1-2,4-5,10H,3,6-9H2,(H,15,16). The smallest absolute Gasteiger partial charge is 0.220 e. The summed E-state index contributed by atoms with van der Waals surface area (Å²) in [6.45, 7) is 0.516. The molecule has 0 radical (unpaired) electrons. The van der Waals surface area contributed by atoms with Gasteiger partial charge in [-0.05, 0) is 31.4 Å². The summed E-state index contributed by atoms with van der Waals surface area (Å²) in [5.74, 6) is 0.798. The van der Waals surface area contributed by atoms with E-state index in [1.165, 1.54) is 0 Å². The maximum Gasteiger partial charge on any atom is 0.220 e. The number of nitrogens with one attached hydrogen (secondary N) is 1. The number of ether oxygens (including phenoxy) is 1. The van der Waals surface area contributed by atoms with Gasteiger partial charge in [0, 0.05) is 12.5 Å². The van der Waals surface area contributed by atoms with Gasteiger partial charge in [0.25, 0.3) is 0 Å². The quantitative estimate of drug-likeness (QED) is 0.792. The molecule has 1 aromatic rings. The number of carbonyl (C=O) groups excluding carboxylic acids is 1. The number of carbonyl (C=O) groups is 1. The lowest BCUT2D eigenvalue weighted by atomic mass is 10.3. The summed E-state index contributed by atoms with van der Waals surface area (Å²) in [4.78, 5) is 11.4. The fraction of sp³-hybridized carbons (Fsp3) is 0.462. The Morgan fingerprint density at radius 1 is 1.41 bits per heavy atom. The van der Waals surface area contributed by atoms with Crippen molar-refractivity contribution in [1.82, 2.24) is 5.32 Å². The van der Waals surface area contributed by atoms with Crippen LogP contribution in [0.1, 0.15) is 25.7 Å². The second-order valence-corrected chi connectivity index (χ2v) is 4.63. The van der Waals surface area contributed by atoms with Crippen molar-refractivity contribution in [2.24, 2.45) is 0 Å². The van der Waals surface area contributed by atoms with Crippen molar-refractivity contribution in [3.8, 4) is 5.75 Å². The lowest BCUT2D eigenvalue weighted by molar-refractivity contribution is -0.121. The van der Waals surface area contributed by atoms with E-state index in [4.69, 9.17) is 16.3 Å². The molecule has 0 atom stereocenters. The van der Waals surface area contributed by atoms with Crippen LogP contribution in [0, 0.1) is 0 Å². The highest BCUT2D eigenvalue weighted by atomic mass is 35.5. The van der Waals surface area contributed by atoms with Gasteiger partial charge in [0.05, 0.1) is 11.6 Å². The Morgan fingerprint density at radius 3 is 2.88 bits per heavy atom. The van der Waals surface area contributed by atoms with Crippen molar-refractivity contribution in [3.63, 3.8) is 0 Å². The number of hydrogen-bond acceptors (Lipinski definition) is 2. The number of para-hydroxylation sites is 1. The first-order valence-corrected chi connectivity index (χ1v) is 6.30. The van der Waals surface area contributed by atoms with E-state index in [9.17, 15) is 4.79 Å². The average Bonchev–Trinajstić information content (AvgIpc) is 3.10. The van der Waals surface area contributed by atoms with Gasteiger partial charge >= 0.3 is 0 Å². The molecule has 1 aliphatic rings. The van der Waals surface area contributed by atoms with E-state index in [-0.39, 0.29) is 5.91 Å². The average molecular weight is 254 g/mol. The minimum atomic E-state index is 0.121. The van der Waals surface area contributed by atoms with Crippen LogP contribution < -0.4 is 10.1 Å². The molecule has 17 heavy (non-hydrogen) atoms. The summed E-state index contributed by atoms with van der Waals surface area (Å²) in [6.07, 6.45) is 3.48. The second-order valence-electron chi connectivity index (χ2n) is 4.22. The van der Waals surface area contributed by atoms with Gasteiger partial charge in [-0.25, -0.2) is 0 Å². The molecular weight excluding hydrogens is 238 g/mol. The van der Waals surface area contributed by atoms with Crippen LogP contribution in [0.2, 0.25) is 5.02 Å². The fourth-order valence-corrected chi connectivity index (χ4v) is 1.69. The number of rotatable bonds is 6. The van der Waals surface area contributed by atoms with Crippen molar-refractivity contribution in [2.75, 3.05) is 6.61 Å². The van der Waals surface area contributed by atoms with Crippen molar-refractivity contribution in [1.29, 1.82) is 0 Å². The van der Waals surface area contributed by atoms with Crippen LogP contribution >= 0.6 is 11.6 Å². The van der Waals surface area contributed by atoms with Crippen LogP contribution in [0.15, 0.2) is 24.3 Å². The number of halogens is 1. The van der Waals surface area contributed by atoms with Gasteiger partial charge < -0.3 is 10.1 Å². The molecular formula is C13H16ClNO2. The SMILES string of the molecule is O=C(CCCOc1ccccc1Cl)NC1CC1. The minimum Gasteiger partial charge on any atom is -0.492 e. The molecule has 0 unspecified atom stereocenters. The zero-order chi connectivity index (χ0) is 12.1. The van der Waals surface area contributed by atoms with Gasteiger partial charge in [-0.15, -0.1) is 0 Å². The largest absolute Gasteiger partial charge is 0.492 e. The molecule has 0 bridgehead atoms. The normalized spacial score (nSPS) is 14.4. The predicted octanol–water partition coefficient (Wildman–Crippen LogP) is 2.78. The molecule has 0 heterocycles. The highest BCUT2D eigenvalue weighted by Gasteiger charge is 2.22. The maximum absolute atomic E-state index is 11.4. The first kappa shape index (κ1) is 12.2. The molecule has 1 aliphatic carbocycles. The predicted molar refractivity (Wildman–Crippen MR) is 67.3 cm³/mol. The molecule has 1 saturated carbocycles. The highest BCUT2D eigenvalue weighted by Crippen LogP contribution is 2.23. The topological polar surface area (TPSA) is 38.3 Å². The molecule has 1 N–H and O–H groups in total. The van der Waals surface area contributed by atoms with E-state index >= 15 is 0 Å². The molecule has 92 valence electrons. The molecule has 0 aliphatic heterocycles. The Morgan fingerprint density at radius 2 is 2.18 bits per heavy atom. The molecule has 0 spiro atoms. The number of amides is 1. The number of hydrogen-bond donors (Lipinski definition) is 1. The van der Waals surface area contributed by atoms with Crippen LogP contribution in [0.3, 0.4) is 0 Å². The minimum absolute atomic E-state index is 0.121. The van der Waals surface area contributed by atoms with Gasteiger partial charge in [0.1, 0.15) is 5.75 Å². The Bertz CT molecular complexity index is 391. The molecule has 1 amide bonds. The summed E-state index contributed by atoms with van der Waals surface area (Å²) < 4.78 is 5.50. The summed E-state index contributed by atoms with van der Waals surface area (Å²) in [6, 6.07) is 7.79. The summed E-state index contributed by atoms with van der Waals surface area (Å²) >= 11 is 5.94. The third-order valence-electron chi connectivity index (χ3n) is 2.58. The lowest BCUT2D eigenvalue weighted by Crippen LogP contribution is -2.25. The highest BCUT2D eigenvalue weighted by molar-refractivity contribution is 6.32. The summed E-state index contributed by atoms with van der Waals surface area (Å²) in [5, 5.41) is 3.55. The maximum atomic E-state index is 11.4. The van der Waals surface area contributed by atoms with Crippen molar-refractivity contribution < 1.29 is 9.53 Å². The Kier molecular flexibility index (Phi) is 4.26. The molecule has 1 aromatic carbocycles. The van der Waals surface area contributed by atoms with Gasteiger partial charge in [-0.1, -0.05) is 23.7 Å². The van der Waals surface area contributed by atoms with Crippen LogP contribution in [-0.2, 0) is 4.79 Å². The first-order chi connectivity index (χ1) is 8.25. The lowest BCUT2D eigenvalue weighted by Gasteiger charge is -2.07. The van der Waals surface area contributed by atoms with Gasteiger partial charge in [-0.2, -0.15) is 0 Å². The molecule has 3 nitrogen and oxygen atoms in total. The van der Waals surface area contributed by atoms with Crippen molar-refractivity contribution in [2.45, 2.75) is 31.7 Å². The zero-order valence-corrected chi connectivity index (χ0v) is 10.4. The second kappa shape index (κ2) is 5.92. The van der Waals surface area contributed by atoms with Crippen molar-refractivity contribution in [3.05, 3.63) is 29.3 Å². The summed E-state index contributed by atoms with van der Waals surface area (Å²) in [7, 11) is 0. The van der Waals surface area contributed by atoms with Crippen molar-refractivity contribution >= 4 is 17.5 Å². The van der Waals surface area contributed by atoms with Crippen LogP contribution in [0.4, 0.5) is 0 Å². The monoisotopic (exact) mass is 253 g/mol. The van der Waals surface area contributed by atoms with E-state index in [1.54, 1.807) is 6.07 Å². The molecule has 0 aromatic heterocycles. The van der Waals surface area contributed by atoms with Gasteiger partial charge in [-0.3, -0.25) is 4.79 Å². The van der Waals surface area contributed by atoms with Crippen LogP contribution in [0.25, 0.3) is 0 Å². The van der Waals surface area contributed by atoms with E-state index in [1.807, 2.05) is 18.2 Å². The molecule has 1 fully saturated rings. The van der Waals surface area contributed by atoms with Gasteiger partial charge in [0.15, 0.2) is 0 Å². The third-order valence-corrected chi connectivity index (χ3v) is 2.90. The van der Waals surface area contributed by atoms with E-state index in [2.05, 4.69) is 5.32 Å². The van der Waals surface area contributed by atoms with Crippen LogP contribution in [-0.4, -0.2) is 18.6 Å². The Labute approximate surface area is 106 Å². The Balaban J connectivity index is 1.62. The zero-order valence-electron chi connectivity index (χ0n) is 9.62. The first-order valence-electron chi connectivity index (χ1n) is 5.92. The Hall–Kier alpha value is -1.22. The molecule has 0 saturated heterocycles. The van der Waals surface area contributed by atoms with Crippen LogP contribution in [0.5, 0.6) is 5.75 Å². The summed E-state index contributed by atoms with van der Waals surface area (Å²) in [5.41, 5.74) is 0.